The van der Waals surface area contributed by atoms with Crippen LogP contribution < -0.4 is 0 Å². The third kappa shape index (κ3) is 4.25. The number of esters is 1. The van der Waals surface area contributed by atoms with Crippen molar-refractivity contribution in [3.63, 3.8) is 0 Å². The molecular weight excluding hydrogens is 244 g/mol. The molecule has 0 aromatic carbocycles. The van der Waals surface area contributed by atoms with Crippen LogP contribution in [0, 0.1) is 0 Å². The minimum absolute atomic E-state index is 0.260. The van der Waals surface area contributed by atoms with Gasteiger partial charge in [-0.3, -0.25) is 4.79 Å². The Morgan fingerprint density at radius 3 is 2.22 bits per heavy atom. The van der Waals surface area contributed by atoms with Crippen LogP contribution in [0.25, 0.3) is 0 Å². The molecule has 0 amide bonds. The summed E-state index contributed by atoms with van der Waals surface area (Å²) in [6.07, 6.45) is 6.84. The van der Waals surface area contributed by atoms with Crippen LogP contribution in [0.3, 0.4) is 0 Å². The summed E-state index contributed by atoms with van der Waals surface area (Å²) >= 11 is 0. The Bertz CT molecular complexity index is 301. The Labute approximate surface area is 112 Å². The quantitative estimate of drug-likeness (QED) is 0.434. The Hall–Kier alpha value is -0.613. The van der Waals surface area contributed by atoms with E-state index in [1.165, 1.54) is 13.3 Å². The van der Waals surface area contributed by atoms with Crippen LogP contribution in [0.4, 0.5) is 0 Å². The van der Waals surface area contributed by atoms with Gasteiger partial charge >= 0.3 is 5.97 Å². The molecule has 1 saturated carbocycles. The van der Waals surface area contributed by atoms with Gasteiger partial charge in [0.05, 0.1) is 5.60 Å². The molecule has 3 nitrogen and oxygen atoms in total. The summed E-state index contributed by atoms with van der Waals surface area (Å²) in [7, 11) is -1.69. The van der Waals surface area contributed by atoms with Gasteiger partial charge in [-0.1, -0.05) is 25.8 Å². The normalized spacial score (nSPS) is 21.1. The van der Waals surface area contributed by atoms with E-state index < -0.39 is 8.32 Å². The highest BCUT2D eigenvalue weighted by Gasteiger charge is 2.44. The summed E-state index contributed by atoms with van der Waals surface area (Å²) < 4.78 is 11.8. The Morgan fingerprint density at radius 2 is 1.83 bits per heavy atom. The van der Waals surface area contributed by atoms with Gasteiger partial charge in [0.2, 0.25) is 0 Å². The molecule has 0 aromatic heterocycles. The molecule has 1 fully saturated rings. The predicted molar refractivity (Wildman–Crippen MR) is 76.0 cm³/mol. The zero-order chi connectivity index (χ0) is 13.8. The monoisotopic (exact) mass is 270 g/mol. The lowest BCUT2D eigenvalue weighted by atomic mass is 9.80. The zero-order valence-electron chi connectivity index (χ0n) is 12.1. The van der Waals surface area contributed by atoms with Crippen LogP contribution in [-0.2, 0) is 14.0 Å². The highest BCUT2D eigenvalue weighted by Crippen LogP contribution is 2.38. The third-order valence-electron chi connectivity index (χ3n) is 3.23. The van der Waals surface area contributed by atoms with E-state index in [2.05, 4.69) is 26.2 Å². The van der Waals surface area contributed by atoms with Crippen LogP contribution in [0.1, 0.15) is 39.0 Å². The second kappa shape index (κ2) is 6.02. The van der Waals surface area contributed by atoms with Crippen LogP contribution in [-0.4, -0.2) is 26.0 Å². The maximum atomic E-state index is 11.2. The summed E-state index contributed by atoms with van der Waals surface area (Å²) in [5.41, 5.74) is -0.337. The minimum Gasteiger partial charge on any atom is -0.455 e. The molecule has 1 unspecified atom stereocenters. The van der Waals surface area contributed by atoms with Gasteiger partial charge in [0.1, 0.15) is 6.10 Å². The van der Waals surface area contributed by atoms with E-state index in [9.17, 15) is 4.79 Å². The smallest absolute Gasteiger partial charge is 0.303 e. The van der Waals surface area contributed by atoms with Gasteiger partial charge in [-0.05, 0) is 38.6 Å². The summed E-state index contributed by atoms with van der Waals surface area (Å²) in [6, 6.07) is 0. The van der Waals surface area contributed by atoms with Crippen molar-refractivity contribution < 1.29 is 14.0 Å². The third-order valence-corrected chi connectivity index (χ3v) is 4.25. The first-order valence-electron chi connectivity index (χ1n) is 6.79. The van der Waals surface area contributed by atoms with E-state index in [1.54, 1.807) is 6.08 Å². The van der Waals surface area contributed by atoms with Crippen LogP contribution in [0.5, 0.6) is 0 Å². The van der Waals surface area contributed by atoms with Crippen molar-refractivity contribution in [2.75, 3.05) is 0 Å². The summed E-state index contributed by atoms with van der Waals surface area (Å²) in [5, 5.41) is 0. The molecule has 0 N–H and O–H groups in total. The lowest BCUT2D eigenvalue weighted by Crippen LogP contribution is -2.52. The van der Waals surface area contributed by atoms with E-state index in [4.69, 9.17) is 9.16 Å². The molecule has 4 heteroatoms. The van der Waals surface area contributed by atoms with E-state index in [0.717, 1.165) is 25.7 Å². The van der Waals surface area contributed by atoms with E-state index in [1.807, 2.05) is 0 Å². The van der Waals surface area contributed by atoms with Crippen LogP contribution in [0.15, 0.2) is 12.7 Å². The molecule has 0 bridgehead atoms. The molecule has 104 valence electrons. The minimum atomic E-state index is -1.69. The van der Waals surface area contributed by atoms with Crippen LogP contribution >= 0.6 is 0 Å². The average Bonchev–Trinajstić information content (AvgIpc) is 2.24. The molecule has 0 aliphatic heterocycles. The predicted octanol–water partition coefficient (Wildman–Crippen LogP) is 3.66. The lowest BCUT2D eigenvalue weighted by molar-refractivity contribution is -0.157. The first kappa shape index (κ1) is 15.4. The lowest BCUT2D eigenvalue weighted by Gasteiger charge is -2.45. The van der Waals surface area contributed by atoms with Gasteiger partial charge in [0.15, 0.2) is 8.32 Å². The van der Waals surface area contributed by atoms with Gasteiger partial charge in [-0.15, -0.1) is 0 Å². The number of carbonyl (C=O) groups is 1. The zero-order valence-corrected chi connectivity index (χ0v) is 13.1. The summed E-state index contributed by atoms with van der Waals surface area (Å²) in [6.45, 7) is 11.8. The fraction of sp³-hybridized carbons (Fsp3) is 0.786. The largest absolute Gasteiger partial charge is 0.455 e. The highest BCUT2D eigenvalue weighted by atomic mass is 28.4. The Kier molecular flexibility index (Phi) is 5.17. The van der Waals surface area contributed by atoms with Crippen molar-refractivity contribution in [2.24, 2.45) is 0 Å². The summed E-state index contributed by atoms with van der Waals surface area (Å²) in [5.74, 6) is -0.260. The van der Waals surface area contributed by atoms with Crippen molar-refractivity contribution in [3.8, 4) is 0 Å². The summed E-state index contributed by atoms with van der Waals surface area (Å²) in [4.78, 5) is 11.2. The molecule has 0 heterocycles. The molecule has 1 atom stereocenters. The molecule has 1 rings (SSSR count). The van der Waals surface area contributed by atoms with E-state index >= 15 is 0 Å². The standard InChI is InChI=1S/C14H26O3Si/c1-6-13(16-12(2)15)14(17-18(3,4)5)10-8-7-9-11-14/h6,13H,1,7-11H2,2-5H3. The fourth-order valence-electron chi connectivity index (χ4n) is 2.75. The molecule has 1 aliphatic rings. The fourth-order valence-corrected chi connectivity index (χ4v) is 4.29. The number of rotatable bonds is 5. The molecular formula is C14H26O3Si. The maximum Gasteiger partial charge on any atom is 0.303 e. The van der Waals surface area contributed by atoms with Gasteiger partial charge in [-0.2, -0.15) is 0 Å². The highest BCUT2D eigenvalue weighted by molar-refractivity contribution is 6.69. The van der Waals surface area contributed by atoms with Crippen molar-refractivity contribution >= 4 is 14.3 Å². The number of ether oxygens (including phenoxy) is 1. The SMILES string of the molecule is C=CC(OC(C)=O)C1(O[Si](C)(C)C)CCCCC1. The Morgan fingerprint density at radius 1 is 1.28 bits per heavy atom. The molecule has 18 heavy (non-hydrogen) atoms. The van der Waals surface area contributed by atoms with Gasteiger partial charge in [0.25, 0.3) is 0 Å². The topological polar surface area (TPSA) is 35.5 Å². The van der Waals surface area contributed by atoms with Crippen LogP contribution in [0.2, 0.25) is 19.6 Å². The van der Waals surface area contributed by atoms with E-state index in [-0.39, 0.29) is 17.7 Å². The average molecular weight is 270 g/mol. The maximum absolute atomic E-state index is 11.2. The van der Waals surface area contributed by atoms with Crippen molar-refractivity contribution in [1.82, 2.24) is 0 Å². The van der Waals surface area contributed by atoms with Crippen molar-refractivity contribution in [1.29, 1.82) is 0 Å². The van der Waals surface area contributed by atoms with Gasteiger partial charge in [0, 0.05) is 6.92 Å². The van der Waals surface area contributed by atoms with Gasteiger partial charge in [-0.25, -0.2) is 0 Å². The molecule has 0 radical (unpaired) electrons. The molecule has 0 saturated heterocycles. The van der Waals surface area contributed by atoms with Gasteiger partial charge < -0.3 is 9.16 Å². The van der Waals surface area contributed by atoms with E-state index in [0.29, 0.717) is 0 Å². The number of hydrogen-bond donors (Lipinski definition) is 0. The number of carbonyl (C=O) groups excluding carboxylic acids is 1. The second-order valence-electron chi connectivity index (χ2n) is 6.11. The molecule has 0 aromatic rings. The first-order chi connectivity index (χ1) is 8.29. The Balaban J connectivity index is 2.93. The molecule has 0 spiro atoms. The van der Waals surface area contributed by atoms with Crippen molar-refractivity contribution in [2.45, 2.75) is 70.4 Å². The second-order valence-corrected chi connectivity index (χ2v) is 10.5. The first-order valence-corrected chi connectivity index (χ1v) is 10.2. The molecule has 1 aliphatic carbocycles. The number of hydrogen-bond acceptors (Lipinski definition) is 3. The van der Waals surface area contributed by atoms with Crippen molar-refractivity contribution in [3.05, 3.63) is 12.7 Å².